The molecule has 6 heteroatoms. The molecule has 1 fully saturated rings. The smallest absolute Gasteiger partial charge is 0.242 e. The molecule has 6 nitrogen and oxygen atoms in total. The van der Waals surface area contributed by atoms with Crippen LogP contribution in [0.2, 0.25) is 0 Å². The lowest BCUT2D eigenvalue weighted by Crippen LogP contribution is -2.47. The summed E-state index contributed by atoms with van der Waals surface area (Å²) in [6, 6.07) is 18.8. The van der Waals surface area contributed by atoms with Crippen molar-refractivity contribution in [2.24, 2.45) is 5.92 Å². The molecule has 0 bridgehead atoms. The molecule has 2 N–H and O–H groups in total. The van der Waals surface area contributed by atoms with Crippen LogP contribution in [0.25, 0.3) is 0 Å². The van der Waals surface area contributed by atoms with E-state index < -0.39 is 12.0 Å². The lowest BCUT2D eigenvalue weighted by molar-refractivity contribution is -0.130. The molecule has 1 aliphatic rings. The van der Waals surface area contributed by atoms with Gasteiger partial charge >= 0.3 is 0 Å². The van der Waals surface area contributed by atoms with E-state index in [-0.39, 0.29) is 24.1 Å². The van der Waals surface area contributed by atoms with Gasteiger partial charge in [-0.2, -0.15) is 0 Å². The SMILES string of the molecule is C[C@@H](NC(=O)C1CC(=O)N(c2ccccc2)C1)C(=O)NCCCc1ccccc1. The zero-order valence-corrected chi connectivity index (χ0v) is 16.6. The highest BCUT2D eigenvalue weighted by Crippen LogP contribution is 2.24. The van der Waals surface area contributed by atoms with Gasteiger partial charge in [-0.1, -0.05) is 48.5 Å². The van der Waals surface area contributed by atoms with Gasteiger partial charge in [-0.15, -0.1) is 0 Å². The van der Waals surface area contributed by atoms with Gasteiger partial charge in [0.15, 0.2) is 0 Å². The summed E-state index contributed by atoms with van der Waals surface area (Å²) in [6.07, 6.45) is 1.88. The maximum absolute atomic E-state index is 12.5. The van der Waals surface area contributed by atoms with Crippen molar-refractivity contribution in [3.8, 4) is 0 Å². The van der Waals surface area contributed by atoms with Crippen LogP contribution >= 0.6 is 0 Å². The van der Waals surface area contributed by atoms with Crippen molar-refractivity contribution in [1.29, 1.82) is 0 Å². The van der Waals surface area contributed by atoms with Crippen molar-refractivity contribution in [3.05, 3.63) is 66.2 Å². The molecule has 29 heavy (non-hydrogen) atoms. The van der Waals surface area contributed by atoms with Gasteiger partial charge in [-0.05, 0) is 37.5 Å². The molecule has 0 saturated carbocycles. The molecule has 0 aliphatic carbocycles. The van der Waals surface area contributed by atoms with Gasteiger partial charge < -0.3 is 15.5 Å². The number of rotatable bonds is 8. The van der Waals surface area contributed by atoms with Crippen molar-refractivity contribution < 1.29 is 14.4 Å². The molecule has 1 unspecified atom stereocenters. The van der Waals surface area contributed by atoms with E-state index in [0.717, 1.165) is 18.5 Å². The van der Waals surface area contributed by atoms with E-state index in [1.807, 2.05) is 48.5 Å². The van der Waals surface area contributed by atoms with Gasteiger partial charge in [0.25, 0.3) is 0 Å². The molecule has 2 aromatic carbocycles. The first-order valence-corrected chi connectivity index (χ1v) is 10.0. The summed E-state index contributed by atoms with van der Waals surface area (Å²) in [6.45, 7) is 2.55. The van der Waals surface area contributed by atoms with Gasteiger partial charge in [0.1, 0.15) is 6.04 Å². The molecule has 0 radical (unpaired) electrons. The topological polar surface area (TPSA) is 78.5 Å². The van der Waals surface area contributed by atoms with E-state index >= 15 is 0 Å². The van der Waals surface area contributed by atoms with E-state index in [1.54, 1.807) is 11.8 Å². The van der Waals surface area contributed by atoms with Crippen LogP contribution in [-0.4, -0.2) is 36.9 Å². The number of hydrogen-bond donors (Lipinski definition) is 2. The molecule has 152 valence electrons. The molecule has 0 spiro atoms. The van der Waals surface area contributed by atoms with Gasteiger partial charge in [0, 0.05) is 25.2 Å². The fraction of sp³-hybridized carbons (Fsp3) is 0.348. The normalized spacial score (nSPS) is 17.1. The second kappa shape index (κ2) is 9.87. The molecule has 3 amide bonds. The van der Waals surface area contributed by atoms with Crippen molar-refractivity contribution in [2.75, 3.05) is 18.0 Å². The molecule has 0 aromatic heterocycles. The minimum absolute atomic E-state index is 0.0747. The van der Waals surface area contributed by atoms with Crippen molar-refractivity contribution in [1.82, 2.24) is 10.6 Å². The van der Waals surface area contributed by atoms with Crippen LogP contribution in [0.4, 0.5) is 5.69 Å². The maximum Gasteiger partial charge on any atom is 0.242 e. The highest BCUT2D eigenvalue weighted by atomic mass is 16.2. The third kappa shape index (κ3) is 5.67. The third-order valence-corrected chi connectivity index (χ3v) is 5.10. The summed E-state index contributed by atoms with van der Waals surface area (Å²) in [7, 11) is 0. The summed E-state index contributed by atoms with van der Waals surface area (Å²) < 4.78 is 0. The number of carbonyl (C=O) groups is 3. The number of hydrogen-bond acceptors (Lipinski definition) is 3. The Morgan fingerprint density at radius 3 is 2.41 bits per heavy atom. The van der Waals surface area contributed by atoms with Crippen LogP contribution < -0.4 is 15.5 Å². The van der Waals surface area contributed by atoms with Crippen LogP contribution in [0.15, 0.2) is 60.7 Å². The molecule has 2 aromatic rings. The Hall–Kier alpha value is -3.15. The molecule has 2 atom stereocenters. The molecule has 1 aliphatic heterocycles. The quantitative estimate of drug-likeness (QED) is 0.676. The Labute approximate surface area is 171 Å². The van der Waals surface area contributed by atoms with Gasteiger partial charge in [-0.3, -0.25) is 14.4 Å². The zero-order valence-electron chi connectivity index (χ0n) is 16.6. The Morgan fingerprint density at radius 2 is 1.72 bits per heavy atom. The predicted molar refractivity (Wildman–Crippen MR) is 112 cm³/mol. The first-order chi connectivity index (χ1) is 14.0. The van der Waals surface area contributed by atoms with Crippen molar-refractivity contribution in [3.63, 3.8) is 0 Å². The summed E-state index contributed by atoms with van der Waals surface area (Å²) in [5.41, 5.74) is 2.02. The summed E-state index contributed by atoms with van der Waals surface area (Å²) in [4.78, 5) is 38.7. The van der Waals surface area contributed by atoms with E-state index in [0.29, 0.717) is 13.1 Å². The molecule has 1 saturated heterocycles. The Bertz CT molecular complexity index is 839. The average Bonchev–Trinajstić information content (AvgIpc) is 3.14. The van der Waals surface area contributed by atoms with Crippen LogP contribution in [-0.2, 0) is 20.8 Å². The largest absolute Gasteiger partial charge is 0.354 e. The number of anilines is 1. The number of aryl methyl sites for hydroxylation is 1. The zero-order chi connectivity index (χ0) is 20.6. The fourth-order valence-corrected chi connectivity index (χ4v) is 3.44. The highest BCUT2D eigenvalue weighted by molar-refractivity contribution is 6.01. The molecular weight excluding hydrogens is 366 g/mol. The standard InChI is InChI=1S/C23H27N3O3/c1-17(22(28)24-14-8-11-18-9-4-2-5-10-18)25-23(29)19-15-21(27)26(16-19)20-12-6-3-7-13-20/h2-7,9-10,12-13,17,19H,8,11,14-16H2,1H3,(H,24,28)(H,25,29)/t17-,19?/m1/s1. The first-order valence-electron chi connectivity index (χ1n) is 10.0. The minimum Gasteiger partial charge on any atom is -0.354 e. The number of nitrogens with one attached hydrogen (secondary N) is 2. The molecular formula is C23H27N3O3. The van der Waals surface area contributed by atoms with E-state index in [1.165, 1.54) is 5.56 Å². The Morgan fingerprint density at radius 1 is 1.07 bits per heavy atom. The Kier molecular flexibility index (Phi) is 7.00. The lowest BCUT2D eigenvalue weighted by Gasteiger charge is -2.18. The predicted octanol–water partition coefficient (Wildman–Crippen LogP) is 2.29. The van der Waals surface area contributed by atoms with E-state index in [9.17, 15) is 14.4 Å². The summed E-state index contributed by atoms with van der Waals surface area (Å²) in [5, 5.41) is 5.60. The molecule has 1 heterocycles. The number of benzene rings is 2. The number of nitrogens with zero attached hydrogens (tertiary/aromatic N) is 1. The average molecular weight is 393 g/mol. The summed E-state index contributed by atoms with van der Waals surface area (Å²) in [5.74, 6) is -0.996. The number of carbonyl (C=O) groups excluding carboxylic acids is 3. The van der Waals surface area contributed by atoms with Crippen LogP contribution in [0.5, 0.6) is 0 Å². The van der Waals surface area contributed by atoms with E-state index in [4.69, 9.17) is 0 Å². The van der Waals surface area contributed by atoms with Crippen molar-refractivity contribution >= 4 is 23.4 Å². The van der Waals surface area contributed by atoms with Gasteiger partial charge in [0.05, 0.1) is 5.92 Å². The fourth-order valence-electron chi connectivity index (χ4n) is 3.44. The Balaban J connectivity index is 1.41. The first kappa shape index (κ1) is 20.6. The lowest BCUT2D eigenvalue weighted by atomic mass is 10.1. The monoisotopic (exact) mass is 393 g/mol. The van der Waals surface area contributed by atoms with Crippen LogP contribution in [0.3, 0.4) is 0 Å². The third-order valence-electron chi connectivity index (χ3n) is 5.10. The van der Waals surface area contributed by atoms with Gasteiger partial charge in [0.2, 0.25) is 17.7 Å². The number of amides is 3. The van der Waals surface area contributed by atoms with E-state index in [2.05, 4.69) is 22.8 Å². The molecule has 3 rings (SSSR count). The minimum atomic E-state index is -0.639. The highest BCUT2D eigenvalue weighted by Gasteiger charge is 2.35. The van der Waals surface area contributed by atoms with Crippen LogP contribution in [0, 0.1) is 5.92 Å². The maximum atomic E-state index is 12.5. The van der Waals surface area contributed by atoms with Gasteiger partial charge in [-0.25, -0.2) is 0 Å². The van der Waals surface area contributed by atoms with Crippen molar-refractivity contribution in [2.45, 2.75) is 32.2 Å². The second-order valence-electron chi connectivity index (χ2n) is 7.35. The second-order valence-corrected chi connectivity index (χ2v) is 7.35. The summed E-state index contributed by atoms with van der Waals surface area (Å²) >= 11 is 0. The van der Waals surface area contributed by atoms with Crippen LogP contribution in [0.1, 0.15) is 25.3 Å². The number of para-hydroxylation sites is 1.